The molecule has 0 atom stereocenters. The number of rotatable bonds is 6. The van der Waals surface area contributed by atoms with E-state index in [1.54, 1.807) is 17.3 Å². The minimum absolute atomic E-state index is 0.0429. The molecule has 19 heavy (non-hydrogen) atoms. The minimum atomic E-state index is -0.134. The Bertz CT molecular complexity index is 443. The zero-order valence-electron chi connectivity index (χ0n) is 11.5. The summed E-state index contributed by atoms with van der Waals surface area (Å²) in [7, 11) is 1.62. The molecule has 0 radical (unpaired) electrons. The number of amides is 2. The van der Waals surface area contributed by atoms with Crippen molar-refractivity contribution < 1.29 is 9.59 Å². The molecule has 1 aromatic heterocycles. The largest absolute Gasteiger partial charge is 0.375 e. The van der Waals surface area contributed by atoms with Crippen LogP contribution in [0.2, 0.25) is 0 Å². The summed E-state index contributed by atoms with van der Waals surface area (Å²) < 4.78 is 0. The van der Waals surface area contributed by atoms with E-state index in [-0.39, 0.29) is 24.8 Å². The Balaban J connectivity index is 2.51. The molecule has 0 saturated heterocycles. The Kier molecular flexibility index (Phi) is 5.75. The molecule has 0 unspecified atom stereocenters. The number of carbonyl (C=O) groups is 2. The zero-order chi connectivity index (χ0) is 14.4. The van der Waals surface area contributed by atoms with Gasteiger partial charge in [0.1, 0.15) is 0 Å². The van der Waals surface area contributed by atoms with E-state index in [1.165, 1.54) is 16.2 Å². The Morgan fingerprint density at radius 2 is 1.95 bits per heavy atom. The first-order valence-electron chi connectivity index (χ1n) is 6.19. The van der Waals surface area contributed by atoms with Gasteiger partial charge in [0.2, 0.25) is 11.8 Å². The van der Waals surface area contributed by atoms with Crippen molar-refractivity contribution in [1.29, 1.82) is 0 Å². The average Bonchev–Trinajstić information content (AvgIpc) is 2.76. The van der Waals surface area contributed by atoms with Crippen LogP contribution in [-0.4, -0.2) is 53.3 Å². The summed E-state index contributed by atoms with van der Waals surface area (Å²) in [4.78, 5) is 31.0. The number of nitrogens with zero attached hydrogens (tertiary/aromatic N) is 3. The van der Waals surface area contributed by atoms with Gasteiger partial charge in [-0.2, -0.15) is 0 Å². The molecule has 0 aromatic carbocycles. The van der Waals surface area contributed by atoms with Crippen LogP contribution in [0, 0.1) is 0 Å². The third-order valence-electron chi connectivity index (χ3n) is 2.82. The average molecular weight is 284 g/mol. The van der Waals surface area contributed by atoms with E-state index < -0.39 is 0 Å². The maximum Gasteiger partial charge on any atom is 0.242 e. The molecule has 0 spiro atoms. The highest BCUT2D eigenvalue weighted by Crippen LogP contribution is 2.12. The Morgan fingerprint density at radius 3 is 2.42 bits per heavy atom. The second-order valence-corrected chi connectivity index (χ2v) is 5.06. The van der Waals surface area contributed by atoms with Crippen molar-refractivity contribution in [3.05, 3.63) is 11.1 Å². The molecule has 0 aliphatic rings. The summed E-state index contributed by atoms with van der Waals surface area (Å²) in [5.74, 6) is -0.176. The molecule has 0 aliphatic heterocycles. The SMILES string of the molecule is CCN(CC)C(=O)CN(C)C(=O)Cc1csc(N)n1. The van der Waals surface area contributed by atoms with Crippen LogP contribution < -0.4 is 5.73 Å². The van der Waals surface area contributed by atoms with E-state index in [0.29, 0.717) is 23.9 Å². The summed E-state index contributed by atoms with van der Waals surface area (Å²) in [6, 6.07) is 0. The van der Waals surface area contributed by atoms with Crippen molar-refractivity contribution in [3.8, 4) is 0 Å². The van der Waals surface area contributed by atoms with Gasteiger partial charge in [0.15, 0.2) is 5.13 Å². The fourth-order valence-corrected chi connectivity index (χ4v) is 2.22. The van der Waals surface area contributed by atoms with Gasteiger partial charge in [-0.1, -0.05) is 0 Å². The van der Waals surface area contributed by atoms with Crippen LogP contribution in [0.1, 0.15) is 19.5 Å². The molecule has 2 N–H and O–H groups in total. The third-order valence-corrected chi connectivity index (χ3v) is 3.54. The number of nitrogens with two attached hydrogens (primary N) is 1. The molecule has 1 heterocycles. The lowest BCUT2D eigenvalue weighted by atomic mass is 10.3. The first kappa shape index (κ1) is 15.4. The lowest BCUT2D eigenvalue weighted by Gasteiger charge is -2.23. The summed E-state index contributed by atoms with van der Waals surface area (Å²) in [5, 5.41) is 2.21. The lowest BCUT2D eigenvalue weighted by molar-refractivity contribution is -0.138. The predicted molar refractivity (Wildman–Crippen MR) is 75.8 cm³/mol. The molecule has 6 nitrogen and oxygen atoms in total. The molecule has 0 fully saturated rings. The monoisotopic (exact) mass is 284 g/mol. The van der Waals surface area contributed by atoms with Crippen LogP contribution in [0.15, 0.2) is 5.38 Å². The Labute approximate surface area is 117 Å². The Hall–Kier alpha value is -1.63. The molecule has 0 saturated carbocycles. The second-order valence-electron chi connectivity index (χ2n) is 4.17. The third kappa shape index (κ3) is 4.51. The number of thiazole rings is 1. The van der Waals surface area contributed by atoms with E-state index >= 15 is 0 Å². The van der Waals surface area contributed by atoms with Gasteiger partial charge >= 0.3 is 0 Å². The first-order valence-corrected chi connectivity index (χ1v) is 7.07. The summed E-state index contributed by atoms with van der Waals surface area (Å²) >= 11 is 1.30. The van der Waals surface area contributed by atoms with Gasteiger partial charge in [-0.25, -0.2) is 4.98 Å². The highest BCUT2D eigenvalue weighted by Gasteiger charge is 2.17. The van der Waals surface area contributed by atoms with Crippen LogP contribution in [0.3, 0.4) is 0 Å². The van der Waals surface area contributed by atoms with Crippen molar-refractivity contribution in [1.82, 2.24) is 14.8 Å². The number of nitrogen functional groups attached to an aromatic ring is 1. The van der Waals surface area contributed by atoms with Gasteiger partial charge in [-0.3, -0.25) is 9.59 Å². The number of hydrogen-bond donors (Lipinski definition) is 1. The van der Waals surface area contributed by atoms with Crippen LogP contribution in [0.4, 0.5) is 5.13 Å². The quantitative estimate of drug-likeness (QED) is 0.829. The molecule has 2 amide bonds. The molecule has 7 heteroatoms. The minimum Gasteiger partial charge on any atom is -0.375 e. The van der Waals surface area contributed by atoms with Gasteiger partial charge in [0.25, 0.3) is 0 Å². The van der Waals surface area contributed by atoms with Gasteiger partial charge in [0, 0.05) is 25.5 Å². The van der Waals surface area contributed by atoms with Crippen molar-refractivity contribution in [3.63, 3.8) is 0 Å². The molecule has 1 aromatic rings. The van der Waals surface area contributed by atoms with Crippen molar-refractivity contribution in [2.75, 3.05) is 32.4 Å². The van der Waals surface area contributed by atoms with Crippen LogP contribution in [0.5, 0.6) is 0 Å². The van der Waals surface area contributed by atoms with Gasteiger partial charge in [0.05, 0.1) is 18.7 Å². The predicted octanol–water partition coefficient (Wildman–Crippen LogP) is 0.595. The molecular weight excluding hydrogens is 264 g/mol. The number of likely N-dealkylation sites (N-methyl/N-ethyl adjacent to an activating group) is 2. The summed E-state index contributed by atoms with van der Waals surface area (Å²) in [6.07, 6.45) is 0.176. The highest BCUT2D eigenvalue weighted by atomic mass is 32.1. The van der Waals surface area contributed by atoms with E-state index in [2.05, 4.69) is 4.98 Å². The smallest absolute Gasteiger partial charge is 0.242 e. The standard InChI is InChI=1S/C12H20N4O2S/c1-4-16(5-2)11(18)7-15(3)10(17)6-9-8-19-12(13)14-9/h8H,4-7H2,1-3H3,(H2,13,14). The molecule has 1 rings (SSSR count). The highest BCUT2D eigenvalue weighted by molar-refractivity contribution is 7.13. The topological polar surface area (TPSA) is 79.5 Å². The maximum absolute atomic E-state index is 11.9. The number of anilines is 1. The zero-order valence-corrected chi connectivity index (χ0v) is 12.4. The first-order chi connectivity index (χ1) is 8.97. The van der Waals surface area contributed by atoms with Crippen LogP contribution in [0.25, 0.3) is 0 Å². The van der Waals surface area contributed by atoms with Gasteiger partial charge in [-0.15, -0.1) is 11.3 Å². The van der Waals surface area contributed by atoms with Crippen LogP contribution in [-0.2, 0) is 16.0 Å². The maximum atomic E-state index is 11.9. The van der Waals surface area contributed by atoms with Gasteiger partial charge in [-0.05, 0) is 13.8 Å². The van der Waals surface area contributed by atoms with Gasteiger partial charge < -0.3 is 15.5 Å². The number of carbonyl (C=O) groups excluding carboxylic acids is 2. The van der Waals surface area contributed by atoms with Crippen LogP contribution >= 0.6 is 11.3 Å². The molecular formula is C12H20N4O2S. The number of aromatic nitrogens is 1. The van der Waals surface area contributed by atoms with Crippen molar-refractivity contribution in [2.24, 2.45) is 0 Å². The van der Waals surface area contributed by atoms with Crippen molar-refractivity contribution >= 4 is 28.3 Å². The second kappa shape index (κ2) is 7.08. The van der Waals surface area contributed by atoms with E-state index in [4.69, 9.17) is 5.73 Å². The van der Waals surface area contributed by atoms with E-state index in [1.807, 2.05) is 13.8 Å². The lowest BCUT2D eigenvalue weighted by Crippen LogP contribution is -2.41. The normalized spacial score (nSPS) is 10.3. The summed E-state index contributed by atoms with van der Waals surface area (Å²) in [6.45, 7) is 5.24. The number of hydrogen-bond acceptors (Lipinski definition) is 5. The summed E-state index contributed by atoms with van der Waals surface area (Å²) in [5.41, 5.74) is 6.16. The van der Waals surface area contributed by atoms with Crippen molar-refractivity contribution in [2.45, 2.75) is 20.3 Å². The fourth-order valence-electron chi connectivity index (χ4n) is 1.66. The molecule has 0 aliphatic carbocycles. The molecule has 0 bridgehead atoms. The molecule has 106 valence electrons. The fraction of sp³-hybridized carbons (Fsp3) is 0.583. The Morgan fingerprint density at radius 1 is 1.32 bits per heavy atom. The van der Waals surface area contributed by atoms with E-state index in [0.717, 1.165) is 0 Å². The van der Waals surface area contributed by atoms with E-state index in [9.17, 15) is 9.59 Å².